The molecular weight excluding hydrogens is 949 g/mol. The Labute approximate surface area is 455 Å². The molecule has 1 aliphatic heterocycles. The first kappa shape index (κ1) is 69.2. The van der Waals surface area contributed by atoms with Gasteiger partial charge < -0.3 is 39.0 Å². The van der Waals surface area contributed by atoms with Gasteiger partial charge in [0.2, 0.25) is 0 Å². The smallest absolute Gasteiger partial charge is 0.335 e. The molecule has 1 heterocycles. The van der Waals surface area contributed by atoms with E-state index >= 15 is 0 Å². The van der Waals surface area contributed by atoms with Crippen LogP contribution >= 0.6 is 0 Å². The van der Waals surface area contributed by atoms with E-state index in [0.29, 0.717) is 25.7 Å². The summed E-state index contributed by atoms with van der Waals surface area (Å²) in [4.78, 5) is 51.1. The Bertz CT molecular complexity index is 1580. The Morgan fingerprint density at radius 3 is 1.33 bits per heavy atom. The number of carboxylic acids is 1. The molecule has 0 amide bonds. The molecule has 0 aromatic rings. The molecule has 0 radical (unpaired) electrons. The molecule has 0 saturated carbocycles. The van der Waals surface area contributed by atoms with E-state index in [1.165, 1.54) is 103 Å². The van der Waals surface area contributed by atoms with Gasteiger partial charge in [-0.3, -0.25) is 14.4 Å². The molecule has 75 heavy (non-hydrogen) atoms. The highest BCUT2D eigenvalue weighted by molar-refractivity contribution is 5.74. The quantitative estimate of drug-likeness (QED) is 0.0228. The van der Waals surface area contributed by atoms with Crippen LogP contribution in [-0.4, -0.2) is 89.2 Å². The number of hydrogen-bond acceptors (Lipinski definition) is 11. The van der Waals surface area contributed by atoms with Crippen LogP contribution in [-0.2, 0) is 42.9 Å². The summed E-state index contributed by atoms with van der Waals surface area (Å²) >= 11 is 0. The first-order valence-corrected chi connectivity index (χ1v) is 29.9. The monoisotopic (exact) mass is 1050 g/mol. The average molecular weight is 1060 g/mol. The van der Waals surface area contributed by atoms with Crippen LogP contribution in [0.2, 0.25) is 0 Å². The predicted molar refractivity (Wildman–Crippen MR) is 303 cm³/mol. The van der Waals surface area contributed by atoms with Crippen molar-refractivity contribution in [2.45, 2.75) is 289 Å². The average Bonchev–Trinajstić information content (AvgIpc) is 3.39. The fourth-order valence-corrected chi connectivity index (χ4v) is 8.68. The second kappa shape index (κ2) is 50.9. The number of carboxylic acid groups (broad SMARTS) is 1. The number of aliphatic hydroxyl groups is 2. The molecule has 3 N–H and O–H groups in total. The SMILES string of the molecule is CC/C=C\C/C=C\C/C=C\C/C=C\CCCCC(=O)OC1C(OCC(COC(=O)CCCCCCCCCCC/C=C\C/C=C\CCCCC)OC(=O)CCCCCCCCCCCCC)OC(C(=O)O)C(O)C1O. The van der Waals surface area contributed by atoms with Crippen LogP contribution in [0.3, 0.4) is 0 Å². The maximum Gasteiger partial charge on any atom is 0.335 e. The van der Waals surface area contributed by atoms with Gasteiger partial charge in [0.05, 0.1) is 6.61 Å². The van der Waals surface area contributed by atoms with Crippen LogP contribution in [0, 0.1) is 0 Å². The Hall–Kier alpha value is -3.84. The number of esters is 3. The van der Waals surface area contributed by atoms with Crippen LogP contribution in [0.15, 0.2) is 72.9 Å². The van der Waals surface area contributed by atoms with E-state index in [1.807, 2.05) is 0 Å². The molecule has 0 aliphatic carbocycles. The molecule has 0 aromatic carbocycles. The lowest BCUT2D eigenvalue weighted by Crippen LogP contribution is -2.61. The van der Waals surface area contributed by atoms with Gasteiger partial charge in [-0.1, -0.05) is 216 Å². The molecule has 0 aromatic heterocycles. The van der Waals surface area contributed by atoms with Crippen molar-refractivity contribution in [3.8, 4) is 0 Å². The number of rotatable bonds is 50. The number of aliphatic hydroxyl groups excluding tert-OH is 2. The van der Waals surface area contributed by atoms with Crippen molar-refractivity contribution >= 4 is 23.9 Å². The van der Waals surface area contributed by atoms with E-state index in [1.54, 1.807) is 0 Å². The molecule has 1 rings (SSSR count). The molecule has 0 bridgehead atoms. The first-order valence-electron chi connectivity index (χ1n) is 29.9. The number of allylic oxidation sites excluding steroid dienone is 12. The largest absolute Gasteiger partial charge is 0.479 e. The summed E-state index contributed by atoms with van der Waals surface area (Å²) in [6, 6.07) is 0. The van der Waals surface area contributed by atoms with E-state index in [-0.39, 0.29) is 25.9 Å². The lowest BCUT2D eigenvalue weighted by atomic mass is 9.98. The van der Waals surface area contributed by atoms with Gasteiger partial charge in [-0.25, -0.2) is 4.79 Å². The predicted octanol–water partition coefficient (Wildman–Crippen LogP) is 15.3. The summed E-state index contributed by atoms with van der Waals surface area (Å²) in [6.07, 6.45) is 51.6. The lowest BCUT2D eigenvalue weighted by molar-refractivity contribution is -0.301. The summed E-state index contributed by atoms with van der Waals surface area (Å²) in [5.41, 5.74) is 0. The second-order valence-corrected chi connectivity index (χ2v) is 20.3. The Morgan fingerprint density at radius 1 is 0.453 bits per heavy atom. The Kier molecular flexibility index (Phi) is 47.0. The highest BCUT2D eigenvalue weighted by atomic mass is 16.7. The number of aliphatic carboxylic acids is 1. The van der Waals surface area contributed by atoms with Crippen LogP contribution < -0.4 is 0 Å². The van der Waals surface area contributed by atoms with Gasteiger partial charge in [-0.05, 0) is 89.9 Å². The normalized spacial score (nSPS) is 18.7. The third-order valence-electron chi connectivity index (χ3n) is 13.3. The van der Waals surface area contributed by atoms with Crippen LogP contribution in [0.5, 0.6) is 0 Å². The molecule has 1 fully saturated rings. The number of carbonyl (C=O) groups excluding carboxylic acids is 3. The van der Waals surface area contributed by atoms with Crippen molar-refractivity contribution in [1.82, 2.24) is 0 Å². The van der Waals surface area contributed by atoms with Crippen LogP contribution in [0.25, 0.3) is 0 Å². The van der Waals surface area contributed by atoms with E-state index in [4.69, 9.17) is 23.7 Å². The van der Waals surface area contributed by atoms with Crippen molar-refractivity contribution in [3.05, 3.63) is 72.9 Å². The topological polar surface area (TPSA) is 175 Å². The zero-order valence-corrected chi connectivity index (χ0v) is 47.3. The summed E-state index contributed by atoms with van der Waals surface area (Å²) in [6.45, 7) is 5.83. The molecule has 430 valence electrons. The van der Waals surface area contributed by atoms with Gasteiger partial charge >= 0.3 is 23.9 Å². The molecular formula is C63H106O12. The van der Waals surface area contributed by atoms with E-state index < -0.39 is 67.3 Å². The number of hydrogen-bond donors (Lipinski definition) is 3. The van der Waals surface area contributed by atoms with E-state index in [9.17, 15) is 34.5 Å². The van der Waals surface area contributed by atoms with Gasteiger partial charge in [0.15, 0.2) is 24.6 Å². The minimum absolute atomic E-state index is 0.00734. The zero-order valence-electron chi connectivity index (χ0n) is 47.3. The van der Waals surface area contributed by atoms with Gasteiger partial charge in [0, 0.05) is 19.3 Å². The van der Waals surface area contributed by atoms with Crippen molar-refractivity contribution in [3.63, 3.8) is 0 Å². The third kappa shape index (κ3) is 41.0. The maximum absolute atomic E-state index is 13.1. The Balaban J connectivity index is 2.68. The van der Waals surface area contributed by atoms with Gasteiger partial charge in [0.1, 0.15) is 18.8 Å². The minimum atomic E-state index is -1.92. The molecule has 1 saturated heterocycles. The molecule has 12 nitrogen and oxygen atoms in total. The van der Waals surface area contributed by atoms with Crippen molar-refractivity contribution in [1.29, 1.82) is 0 Å². The summed E-state index contributed by atoms with van der Waals surface area (Å²) in [7, 11) is 0. The van der Waals surface area contributed by atoms with Crippen molar-refractivity contribution in [2.24, 2.45) is 0 Å². The van der Waals surface area contributed by atoms with Crippen molar-refractivity contribution < 1.29 is 58.2 Å². The molecule has 0 spiro atoms. The maximum atomic E-state index is 13.1. The van der Waals surface area contributed by atoms with Gasteiger partial charge in [0.25, 0.3) is 0 Å². The van der Waals surface area contributed by atoms with E-state index in [2.05, 4.69) is 93.7 Å². The minimum Gasteiger partial charge on any atom is -0.479 e. The standard InChI is InChI=1S/C63H106O12/c1-4-7-10-13-16-19-22-24-26-27-28-29-31-32-35-37-40-43-46-49-55(64)71-52-54(73-56(65)50-47-44-41-38-34-21-18-15-12-9-6-3)53-72-63-61(59(68)58(67)60(75-63)62(69)70)74-57(66)51-48-45-42-39-36-33-30-25-23-20-17-14-11-8-5-2/h8,11,16-17,19-20,24-26,30,36,39,54,58-61,63,67-68H,4-7,9-10,12-15,18,21-23,27-29,31-35,37-38,40-53H2,1-3H3,(H,69,70)/b11-8-,19-16-,20-17-,26-24-,30-25-,39-36-. The summed E-state index contributed by atoms with van der Waals surface area (Å²) in [5, 5.41) is 31.4. The van der Waals surface area contributed by atoms with Crippen LogP contribution in [0.1, 0.15) is 252 Å². The Morgan fingerprint density at radius 2 is 0.840 bits per heavy atom. The summed E-state index contributed by atoms with van der Waals surface area (Å²) in [5.74, 6) is -3.17. The first-order chi connectivity index (χ1) is 36.6. The zero-order chi connectivity index (χ0) is 54.7. The number of carbonyl (C=O) groups is 4. The number of ether oxygens (including phenoxy) is 5. The van der Waals surface area contributed by atoms with Gasteiger partial charge in [-0.15, -0.1) is 0 Å². The van der Waals surface area contributed by atoms with E-state index in [0.717, 1.165) is 83.5 Å². The highest BCUT2D eigenvalue weighted by Crippen LogP contribution is 2.26. The van der Waals surface area contributed by atoms with Crippen LogP contribution in [0.4, 0.5) is 0 Å². The molecule has 12 heteroatoms. The second-order valence-electron chi connectivity index (χ2n) is 20.3. The molecule has 6 atom stereocenters. The van der Waals surface area contributed by atoms with Crippen molar-refractivity contribution in [2.75, 3.05) is 13.2 Å². The highest BCUT2D eigenvalue weighted by Gasteiger charge is 2.50. The lowest BCUT2D eigenvalue weighted by Gasteiger charge is -2.40. The molecule has 6 unspecified atom stereocenters. The fraction of sp³-hybridized carbons (Fsp3) is 0.746. The molecule has 1 aliphatic rings. The van der Waals surface area contributed by atoms with Gasteiger partial charge in [-0.2, -0.15) is 0 Å². The third-order valence-corrected chi connectivity index (χ3v) is 13.3. The summed E-state index contributed by atoms with van der Waals surface area (Å²) < 4.78 is 28.4. The number of unbranched alkanes of at least 4 members (excludes halogenated alkanes) is 24. The fourth-order valence-electron chi connectivity index (χ4n) is 8.68.